The summed E-state index contributed by atoms with van der Waals surface area (Å²) >= 11 is 0. The van der Waals surface area contributed by atoms with Crippen molar-refractivity contribution in [3.8, 4) is 5.75 Å². The largest absolute Gasteiger partial charge is 0.508 e. The summed E-state index contributed by atoms with van der Waals surface area (Å²) in [5.74, 6) is 0.157. The summed E-state index contributed by atoms with van der Waals surface area (Å²) in [4.78, 5) is 12.0. The molecule has 0 aromatic heterocycles. The second kappa shape index (κ2) is 7.04. The number of nitrogens with one attached hydrogen (secondary N) is 1. The molecule has 0 radical (unpaired) electrons. The SMILES string of the molecule is CCCCCC(C)NC(=O)c1ccc(O)c(C)c1. The first-order chi connectivity index (χ1) is 8.54. The zero-order valence-corrected chi connectivity index (χ0v) is 11.5. The zero-order chi connectivity index (χ0) is 13.5. The van der Waals surface area contributed by atoms with Gasteiger partial charge in [-0.2, -0.15) is 0 Å². The fourth-order valence-electron chi connectivity index (χ4n) is 1.88. The van der Waals surface area contributed by atoms with E-state index in [1.807, 2.05) is 6.92 Å². The lowest BCUT2D eigenvalue weighted by molar-refractivity contribution is 0.0938. The normalized spacial score (nSPS) is 12.2. The summed E-state index contributed by atoms with van der Waals surface area (Å²) in [6.07, 6.45) is 4.56. The highest BCUT2D eigenvalue weighted by molar-refractivity contribution is 5.94. The van der Waals surface area contributed by atoms with Crippen LogP contribution in [0.2, 0.25) is 0 Å². The Morgan fingerprint density at radius 3 is 2.72 bits per heavy atom. The summed E-state index contributed by atoms with van der Waals surface area (Å²) in [5, 5.41) is 12.4. The summed E-state index contributed by atoms with van der Waals surface area (Å²) in [7, 11) is 0. The van der Waals surface area contributed by atoms with E-state index < -0.39 is 0 Å². The van der Waals surface area contributed by atoms with E-state index in [1.54, 1.807) is 25.1 Å². The summed E-state index contributed by atoms with van der Waals surface area (Å²) < 4.78 is 0. The molecule has 1 atom stereocenters. The van der Waals surface area contributed by atoms with E-state index in [-0.39, 0.29) is 17.7 Å². The van der Waals surface area contributed by atoms with Gasteiger partial charge in [-0.05, 0) is 44.0 Å². The Balaban J connectivity index is 2.51. The van der Waals surface area contributed by atoms with Crippen LogP contribution in [0.1, 0.15) is 55.5 Å². The molecular formula is C15H23NO2. The number of amides is 1. The lowest BCUT2D eigenvalue weighted by atomic mass is 10.1. The van der Waals surface area contributed by atoms with Crippen molar-refractivity contribution in [2.45, 2.75) is 52.5 Å². The molecule has 3 nitrogen and oxygen atoms in total. The average Bonchev–Trinajstić information content (AvgIpc) is 2.33. The number of carbonyl (C=O) groups excluding carboxylic acids is 1. The molecule has 0 saturated heterocycles. The Labute approximate surface area is 109 Å². The Bertz CT molecular complexity index is 401. The lowest BCUT2D eigenvalue weighted by Crippen LogP contribution is -2.32. The van der Waals surface area contributed by atoms with Crippen molar-refractivity contribution in [1.29, 1.82) is 0 Å². The molecule has 18 heavy (non-hydrogen) atoms. The maximum absolute atomic E-state index is 12.0. The molecule has 1 amide bonds. The van der Waals surface area contributed by atoms with E-state index in [0.29, 0.717) is 5.56 Å². The third-order valence-corrected chi connectivity index (χ3v) is 3.08. The van der Waals surface area contributed by atoms with Crippen LogP contribution >= 0.6 is 0 Å². The van der Waals surface area contributed by atoms with Crippen LogP contribution in [0.4, 0.5) is 0 Å². The van der Waals surface area contributed by atoms with Gasteiger partial charge in [-0.1, -0.05) is 26.2 Å². The first kappa shape index (κ1) is 14.6. The molecule has 0 aliphatic heterocycles. The number of rotatable bonds is 6. The van der Waals surface area contributed by atoms with Crippen LogP contribution in [-0.2, 0) is 0 Å². The second-order valence-electron chi connectivity index (χ2n) is 4.87. The van der Waals surface area contributed by atoms with Crippen molar-refractivity contribution in [2.75, 3.05) is 0 Å². The van der Waals surface area contributed by atoms with Gasteiger partial charge in [-0.15, -0.1) is 0 Å². The van der Waals surface area contributed by atoms with Gasteiger partial charge in [-0.3, -0.25) is 4.79 Å². The van der Waals surface area contributed by atoms with E-state index in [4.69, 9.17) is 0 Å². The van der Waals surface area contributed by atoms with Crippen molar-refractivity contribution >= 4 is 5.91 Å². The molecule has 1 unspecified atom stereocenters. The van der Waals surface area contributed by atoms with Crippen molar-refractivity contribution in [3.63, 3.8) is 0 Å². The van der Waals surface area contributed by atoms with E-state index >= 15 is 0 Å². The predicted octanol–water partition coefficient (Wildman–Crippen LogP) is 3.40. The minimum absolute atomic E-state index is 0.0675. The minimum atomic E-state index is -0.0675. The standard InChI is InChI=1S/C15H23NO2/c1-4-5-6-7-12(3)16-15(18)13-8-9-14(17)11(2)10-13/h8-10,12,17H,4-7H2,1-3H3,(H,16,18). The summed E-state index contributed by atoms with van der Waals surface area (Å²) in [6, 6.07) is 5.12. The van der Waals surface area contributed by atoms with Crippen molar-refractivity contribution in [2.24, 2.45) is 0 Å². The monoisotopic (exact) mass is 249 g/mol. The molecule has 3 heteroatoms. The van der Waals surface area contributed by atoms with Crippen molar-refractivity contribution in [3.05, 3.63) is 29.3 Å². The van der Waals surface area contributed by atoms with Crippen molar-refractivity contribution in [1.82, 2.24) is 5.32 Å². The van der Waals surface area contributed by atoms with E-state index in [1.165, 1.54) is 12.8 Å². The fourth-order valence-corrected chi connectivity index (χ4v) is 1.88. The van der Waals surface area contributed by atoms with Crippen LogP contribution in [0.15, 0.2) is 18.2 Å². The smallest absolute Gasteiger partial charge is 0.251 e. The first-order valence-electron chi connectivity index (χ1n) is 6.65. The highest BCUT2D eigenvalue weighted by atomic mass is 16.3. The molecule has 1 rings (SSSR count). The predicted molar refractivity (Wildman–Crippen MR) is 73.9 cm³/mol. The molecule has 2 N–H and O–H groups in total. The van der Waals surface area contributed by atoms with Crippen LogP contribution < -0.4 is 5.32 Å². The number of unbranched alkanes of at least 4 members (excludes halogenated alkanes) is 2. The zero-order valence-electron chi connectivity index (χ0n) is 11.5. The minimum Gasteiger partial charge on any atom is -0.508 e. The number of hydrogen-bond donors (Lipinski definition) is 2. The Morgan fingerprint density at radius 2 is 2.11 bits per heavy atom. The molecule has 0 spiro atoms. The molecule has 0 aliphatic carbocycles. The third kappa shape index (κ3) is 4.40. The van der Waals surface area contributed by atoms with Gasteiger partial charge in [0.05, 0.1) is 0 Å². The maximum atomic E-state index is 12.0. The molecule has 0 fully saturated rings. The number of carbonyl (C=O) groups is 1. The number of aryl methyl sites for hydroxylation is 1. The van der Waals surface area contributed by atoms with Gasteiger partial charge >= 0.3 is 0 Å². The molecule has 0 heterocycles. The van der Waals surface area contributed by atoms with Crippen LogP contribution in [0, 0.1) is 6.92 Å². The number of phenols is 1. The van der Waals surface area contributed by atoms with Gasteiger partial charge in [-0.25, -0.2) is 0 Å². The van der Waals surface area contributed by atoms with E-state index in [0.717, 1.165) is 18.4 Å². The van der Waals surface area contributed by atoms with Crippen molar-refractivity contribution < 1.29 is 9.90 Å². The van der Waals surface area contributed by atoms with Crippen LogP contribution in [-0.4, -0.2) is 17.1 Å². The molecule has 0 saturated carbocycles. The van der Waals surface area contributed by atoms with E-state index in [2.05, 4.69) is 12.2 Å². The molecule has 1 aromatic rings. The van der Waals surface area contributed by atoms with Crippen LogP contribution in [0.3, 0.4) is 0 Å². The van der Waals surface area contributed by atoms with Gasteiger partial charge in [0.25, 0.3) is 5.91 Å². The van der Waals surface area contributed by atoms with Gasteiger partial charge in [0, 0.05) is 11.6 Å². The second-order valence-corrected chi connectivity index (χ2v) is 4.87. The molecule has 0 bridgehead atoms. The Morgan fingerprint density at radius 1 is 1.39 bits per heavy atom. The van der Waals surface area contributed by atoms with Gasteiger partial charge in [0.2, 0.25) is 0 Å². The third-order valence-electron chi connectivity index (χ3n) is 3.08. The Hall–Kier alpha value is -1.51. The summed E-state index contributed by atoms with van der Waals surface area (Å²) in [5.41, 5.74) is 1.33. The van der Waals surface area contributed by atoms with E-state index in [9.17, 15) is 9.90 Å². The number of aromatic hydroxyl groups is 1. The quantitative estimate of drug-likeness (QED) is 0.759. The molecular weight excluding hydrogens is 226 g/mol. The van der Waals surface area contributed by atoms with Crippen LogP contribution in [0.5, 0.6) is 5.75 Å². The van der Waals surface area contributed by atoms with Gasteiger partial charge < -0.3 is 10.4 Å². The molecule has 1 aromatic carbocycles. The van der Waals surface area contributed by atoms with Gasteiger partial charge in [0.15, 0.2) is 0 Å². The highest BCUT2D eigenvalue weighted by Crippen LogP contribution is 2.17. The highest BCUT2D eigenvalue weighted by Gasteiger charge is 2.10. The number of benzene rings is 1. The first-order valence-corrected chi connectivity index (χ1v) is 6.65. The van der Waals surface area contributed by atoms with Gasteiger partial charge in [0.1, 0.15) is 5.75 Å². The Kier molecular flexibility index (Phi) is 5.69. The fraction of sp³-hybridized carbons (Fsp3) is 0.533. The average molecular weight is 249 g/mol. The van der Waals surface area contributed by atoms with Crippen LogP contribution in [0.25, 0.3) is 0 Å². The molecule has 100 valence electrons. The summed E-state index contributed by atoms with van der Waals surface area (Å²) in [6.45, 7) is 5.99. The lowest BCUT2D eigenvalue weighted by Gasteiger charge is -2.14. The molecule has 0 aliphatic rings. The maximum Gasteiger partial charge on any atom is 0.251 e. The number of hydrogen-bond acceptors (Lipinski definition) is 2. The number of phenolic OH excluding ortho intramolecular Hbond substituents is 1. The topological polar surface area (TPSA) is 49.3 Å².